The standard InChI is InChI=1S/C31H33F6N3O4/c1-21-16-23(2-7-27(21)24-3-5-25(6-4-24)29(43,30(32,33)34)31(35,36)37)18-39-12-13-40(19-22-8-10-38-11-9-22)26(20-39)17-28(42)44-15-14-41/h2-11,16,26,41,43H,12-15,17-20H2,1H3/t26-/m1/s1. The summed E-state index contributed by atoms with van der Waals surface area (Å²) in [6.45, 7) is 4.62. The van der Waals surface area contributed by atoms with Gasteiger partial charge in [0.1, 0.15) is 6.61 Å². The second kappa shape index (κ2) is 13.6. The zero-order valence-corrected chi connectivity index (χ0v) is 23.9. The number of hydrogen-bond donors (Lipinski definition) is 2. The Balaban J connectivity index is 1.47. The molecule has 2 aromatic carbocycles. The lowest BCUT2D eigenvalue weighted by molar-refractivity contribution is -0.376. The number of piperazine rings is 1. The molecule has 1 fully saturated rings. The summed E-state index contributed by atoms with van der Waals surface area (Å²) >= 11 is 0. The van der Waals surface area contributed by atoms with Crippen LogP contribution < -0.4 is 0 Å². The van der Waals surface area contributed by atoms with Crippen LogP contribution in [0.3, 0.4) is 0 Å². The summed E-state index contributed by atoms with van der Waals surface area (Å²) in [5.41, 5.74) is -2.51. The largest absolute Gasteiger partial charge is 0.463 e. The molecule has 0 amide bonds. The van der Waals surface area contributed by atoms with Gasteiger partial charge >= 0.3 is 18.3 Å². The predicted molar refractivity (Wildman–Crippen MR) is 149 cm³/mol. The number of benzene rings is 2. The fourth-order valence-electron chi connectivity index (χ4n) is 5.42. The number of halogens is 6. The number of aliphatic hydroxyl groups excluding tert-OH is 1. The number of ether oxygens (including phenoxy) is 1. The number of aryl methyl sites for hydroxylation is 1. The molecular formula is C31H33F6N3O4. The van der Waals surface area contributed by atoms with E-state index in [4.69, 9.17) is 9.84 Å². The van der Waals surface area contributed by atoms with E-state index in [1.807, 2.05) is 24.3 Å². The third-order valence-electron chi connectivity index (χ3n) is 7.71. The normalized spacial score (nSPS) is 17.1. The van der Waals surface area contributed by atoms with Gasteiger partial charge in [0.25, 0.3) is 5.60 Å². The van der Waals surface area contributed by atoms with Crippen molar-refractivity contribution in [3.05, 3.63) is 89.2 Å². The van der Waals surface area contributed by atoms with Crippen LogP contribution in [0.5, 0.6) is 0 Å². The Morgan fingerprint density at radius 3 is 2.18 bits per heavy atom. The summed E-state index contributed by atoms with van der Waals surface area (Å²) < 4.78 is 84.6. The van der Waals surface area contributed by atoms with Crippen LogP contribution in [0.2, 0.25) is 0 Å². The van der Waals surface area contributed by atoms with Crippen LogP contribution in [-0.2, 0) is 28.2 Å². The lowest BCUT2D eigenvalue weighted by Crippen LogP contribution is -2.53. The highest BCUT2D eigenvalue weighted by atomic mass is 19.4. The van der Waals surface area contributed by atoms with Gasteiger partial charge in [-0.25, -0.2) is 0 Å². The van der Waals surface area contributed by atoms with Crippen LogP contribution in [-0.4, -0.2) is 82.2 Å². The lowest BCUT2D eigenvalue weighted by Gasteiger charge is -2.41. The van der Waals surface area contributed by atoms with Crippen LogP contribution in [0.1, 0.15) is 28.7 Å². The molecule has 0 unspecified atom stereocenters. The lowest BCUT2D eigenvalue weighted by atomic mass is 9.90. The molecule has 3 aromatic rings. The van der Waals surface area contributed by atoms with Gasteiger partial charge in [0.15, 0.2) is 0 Å². The minimum Gasteiger partial charge on any atom is -0.463 e. The fourth-order valence-corrected chi connectivity index (χ4v) is 5.42. The quantitative estimate of drug-likeness (QED) is 0.243. The van der Waals surface area contributed by atoms with Crippen molar-refractivity contribution >= 4 is 5.97 Å². The number of pyridine rings is 1. The summed E-state index contributed by atoms with van der Waals surface area (Å²) in [4.78, 5) is 20.9. The van der Waals surface area contributed by atoms with E-state index in [0.717, 1.165) is 35.4 Å². The average molecular weight is 626 g/mol. The van der Waals surface area contributed by atoms with Gasteiger partial charge in [-0.2, -0.15) is 26.3 Å². The minimum atomic E-state index is -5.95. The number of carbonyl (C=O) groups is 1. The highest BCUT2D eigenvalue weighted by Gasteiger charge is 2.71. The number of aliphatic hydroxyl groups is 2. The molecule has 1 aromatic heterocycles. The number of carbonyl (C=O) groups excluding carboxylic acids is 1. The molecule has 0 radical (unpaired) electrons. The molecule has 7 nitrogen and oxygen atoms in total. The van der Waals surface area contributed by atoms with Gasteiger partial charge in [-0.05, 0) is 46.9 Å². The van der Waals surface area contributed by atoms with Gasteiger partial charge in [-0.15, -0.1) is 0 Å². The van der Waals surface area contributed by atoms with E-state index < -0.39 is 29.5 Å². The zero-order chi connectivity index (χ0) is 32.1. The minimum absolute atomic E-state index is 0.0699. The number of aromatic nitrogens is 1. The third-order valence-corrected chi connectivity index (χ3v) is 7.71. The highest BCUT2D eigenvalue weighted by molar-refractivity contribution is 5.70. The van der Waals surface area contributed by atoms with Gasteiger partial charge in [-0.3, -0.25) is 19.6 Å². The Hall–Kier alpha value is -3.52. The van der Waals surface area contributed by atoms with Crippen molar-refractivity contribution in [2.75, 3.05) is 32.8 Å². The van der Waals surface area contributed by atoms with Crippen molar-refractivity contribution in [2.24, 2.45) is 0 Å². The van der Waals surface area contributed by atoms with Gasteiger partial charge < -0.3 is 14.9 Å². The smallest absolute Gasteiger partial charge is 0.430 e. The maximum absolute atomic E-state index is 13.3. The summed E-state index contributed by atoms with van der Waals surface area (Å²) in [7, 11) is 0. The van der Waals surface area contributed by atoms with E-state index in [2.05, 4.69) is 14.8 Å². The van der Waals surface area contributed by atoms with Crippen molar-refractivity contribution in [3.63, 3.8) is 0 Å². The van der Waals surface area contributed by atoms with E-state index in [-0.39, 0.29) is 25.7 Å². The number of rotatable bonds is 10. The maximum atomic E-state index is 13.3. The molecule has 1 aliphatic rings. The van der Waals surface area contributed by atoms with E-state index in [0.29, 0.717) is 49.4 Å². The average Bonchev–Trinajstić information content (AvgIpc) is 2.96. The second-order valence-corrected chi connectivity index (χ2v) is 10.8. The molecule has 44 heavy (non-hydrogen) atoms. The molecule has 13 heteroatoms. The first-order chi connectivity index (χ1) is 20.7. The maximum Gasteiger partial charge on any atom is 0.430 e. The van der Waals surface area contributed by atoms with E-state index in [1.165, 1.54) is 0 Å². The number of hydrogen-bond acceptors (Lipinski definition) is 7. The molecule has 0 aliphatic carbocycles. The van der Waals surface area contributed by atoms with E-state index in [1.54, 1.807) is 25.4 Å². The van der Waals surface area contributed by atoms with Gasteiger partial charge in [0.05, 0.1) is 13.0 Å². The van der Waals surface area contributed by atoms with Gasteiger partial charge in [0, 0.05) is 56.7 Å². The predicted octanol–water partition coefficient (Wildman–Crippen LogP) is 4.98. The van der Waals surface area contributed by atoms with Crippen LogP contribution in [0.4, 0.5) is 26.3 Å². The molecule has 0 saturated carbocycles. The molecule has 2 heterocycles. The topological polar surface area (TPSA) is 86.1 Å². The molecule has 1 atom stereocenters. The van der Waals surface area contributed by atoms with E-state index >= 15 is 0 Å². The zero-order valence-electron chi connectivity index (χ0n) is 23.9. The van der Waals surface area contributed by atoms with Gasteiger partial charge in [-0.1, -0.05) is 42.5 Å². The Bertz CT molecular complexity index is 1390. The second-order valence-electron chi connectivity index (χ2n) is 10.8. The molecule has 4 rings (SSSR count). The van der Waals surface area contributed by atoms with Crippen LogP contribution >= 0.6 is 0 Å². The SMILES string of the molecule is Cc1cc(CN2CCN(Cc3ccncc3)[C@H](CC(=O)OCCO)C2)ccc1-c1ccc(C(O)(C(F)(F)F)C(F)(F)F)cc1. The third kappa shape index (κ3) is 7.57. The number of nitrogens with zero attached hydrogens (tertiary/aromatic N) is 3. The molecule has 1 aliphatic heterocycles. The molecule has 2 N–H and O–H groups in total. The summed E-state index contributed by atoms with van der Waals surface area (Å²) in [5, 5.41) is 18.7. The van der Waals surface area contributed by atoms with Gasteiger partial charge in [0.2, 0.25) is 0 Å². The molecule has 0 spiro atoms. The number of esters is 1. The van der Waals surface area contributed by atoms with Crippen molar-refractivity contribution in [3.8, 4) is 11.1 Å². The monoisotopic (exact) mass is 625 g/mol. The van der Waals surface area contributed by atoms with Crippen molar-refractivity contribution in [1.29, 1.82) is 0 Å². The Kier molecular flexibility index (Phi) is 10.3. The summed E-state index contributed by atoms with van der Waals surface area (Å²) in [6, 6.07) is 12.7. The first kappa shape index (κ1) is 33.4. The van der Waals surface area contributed by atoms with Crippen LogP contribution in [0, 0.1) is 6.92 Å². The van der Waals surface area contributed by atoms with E-state index in [9.17, 15) is 36.2 Å². The van der Waals surface area contributed by atoms with Crippen molar-refractivity contribution < 1.29 is 46.1 Å². The highest BCUT2D eigenvalue weighted by Crippen LogP contribution is 2.50. The van der Waals surface area contributed by atoms with Crippen LogP contribution in [0.25, 0.3) is 11.1 Å². The van der Waals surface area contributed by atoms with Crippen LogP contribution in [0.15, 0.2) is 67.0 Å². The molecule has 238 valence electrons. The summed E-state index contributed by atoms with van der Waals surface area (Å²) in [6.07, 6.45) is -8.34. The Labute approximate surface area is 250 Å². The first-order valence-corrected chi connectivity index (χ1v) is 13.9. The molecular weight excluding hydrogens is 592 g/mol. The molecule has 0 bridgehead atoms. The Morgan fingerprint density at radius 2 is 1.59 bits per heavy atom. The van der Waals surface area contributed by atoms with Crippen molar-refractivity contribution in [1.82, 2.24) is 14.8 Å². The fraction of sp³-hybridized carbons (Fsp3) is 0.419. The summed E-state index contributed by atoms with van der Waals surface area (Å²) in [5.74, 6) is -0.402. The first-order valence-electron chi connectivity index (χ1n) is 13.9. The van der Waals surface area contributed by atoms with Crippen molar-refractivity contribution in [2.45, 2.75) is 50.4 Å². The Morgan fingerprint density at radius 1 is 0.932 bits per heavy atom. The number of alkyl halides is 6. The molecule has 1 saturated heterocycles.